The zero-order valence-corrected chi connectivity index (χ0v) is 14.1. The molecule has 0 bridgehead atoms. The van der Waals surface area contributed by atoms with Crippen molar-refractivity contribution in [3.8, 4) is 0 Å². The lowest BCUT2D eigenvalue weighted by atomic mass is 10.2. The first-order valence-electron chi connectivity index (χ1n) is 6.24. The summed E-state index contributed by atoms with van der Waals surface area (Å²) in [4.78, 5) is 11.7. The molecule has 122 valence electrons. The zero-order chi connectivity index (χ0) is 17.2. The van der Waals surface area contributed by atoms with Crippen LogP contribution in [0, 0.1) is 12.7 Å². The summed E-state index contributed by atoms with van der Waals surface area (Å²) in [6.45, 7) is 1.80. The smallest absolute Gasteiger partial charge is 0.304 e. The van der Waals surface area contributed by atoms with E-state index in [0.29, 0.717) is 0 Å². The Balaban J connectivity index is 2.16. The zero-order valence-electron chi connectivity index (χ0n) is 11.7. The Kier molecular flexibility index (Phi) is 5.13. The van der Waals surface area contributed by atoms with Crippen LogP contribution in [0.3, 0.4) is 0 Å². The molecule has 0 saturated carbocycles. The number of aryl methyl sites for hydroxylation is 1. The number of urea groups is 1. The molecule has 2 N–H and O–H groups in total. The minimum Gasteiger partial charge on any atom is -0.304 e. The van der Waals surface area contributed by atoms with Gasteiger partial charge in [0.1, 0.15) is 5.82 Å². The third-order valence-corrected chi connectivity index (χ3v) is 4.89. The first-order valence-corrected chi connectivity index (χ1v) is 8.48. The topological polar surface area (TPSA) is 75.3 Å². The number of hydrogen-bond donors (Lipinski definition) is 2. The number of carbonyl (C=O) groups excluding carboxylic acids is 1. The summed E-state index contributed by atoms with van der Waals surface area (Å²) < 4.78 is 39.5. The SMILES string of the molecule is Cc1ccc(S(=O)(=O)NC(=O)Nc2cc(Cl)c(Cl)cc2F)cc1. The second-order valence-corrected chi connectivity index (χ2v) is 7.12. The van der Waals surface area contributed by atoms with Crippen molar-refractivity contribution in [1.29, 1.82) is 0 Å². The Morgan fingerprint density at radius 3 is 2.26 bits per heavy atom. The predicted octanol–water partition coefficient (Wildman–Crippen LogP) is 3.95. The van der Waals surface area contributed by atoms with E-state index in [0.717, 1.165) is 17.7 Å². The van der Waals surface area contributed by atoms with E-state index in [9.17, 15) is 17.6 Å². The molecule has 0 aliphatic heterocycles. The monoisotopic (exact) mass is 376 g/mol. The fourth-order valence-corrected chi connectivity index (χ4v) is 2.89. The largest absolute Gasteiger partial charge is 0.333 e. The van der Waals surface area contributed by atoms with Gasteiger partial charge in [0, 0.05) is 0 Å². The number of nitrogens with one attached hydrogen (secondary N) is 2. The van der Waals surface area contributed by atoms with Gasteiger partial charge < -0.3 is 5.32 Å². The van der Waals surface area contributed by atoms with Crippen LogP contribution in [0.1, 0.15) is 5.56 Å². The molecule has 0 aliphatic carbocycles. The van der Waals surface area contributed by atoms with Gasteiger partial charge in [-0.1, -0.05) is 40.9 Å². The molecule has 2 aromatic carbocycles. The van der Waals surface area contributed by atoms with Crippen LogP contribution in [0.15, 0.2) is 41.3 Å². The van der Waals surface area contributed by atoms with Gasteiger partial charge in [0.15, 0.2) is 0 Å². The van der Waals surface area contributed by atoms with Crippen LogP contribution in [-0.4, -0.2) is 14.4 Å². The van der Waals surface area contributed by atoms with Gasteiger partial charge in [-0.3, -0.25) is 0 Å². The molecule has 0 radical (unpaired) electrons. The Morgan fingerprint density at radius 1 is 1.09 bits per heavy atom. The molecule has 2 amide bonds. The molecule has 0 atom stereocenters. The van der Waals surface area contributed by atoms with Crippen LogP contribution in [-0.2, 0) is 10.0 Å². The summed E-state index contributed by atoms with van der Waals surface area (Å²) in [7, 11) is -4.07. The number of hydrogen-bond acceptors (Lipinski definition) is 3. The van der Waals surface area contributed by atoms with Gasteiger partial charge >= 0.3 is 6.03 Å². The van der Waals surface area contributed by atoms with Crippen LogP contribution in [0.2, 0.25) is 10.0 Å². The third kappa shape index (κ3) is 4.34. The maximum Gasteiger partial charge on any atom is 0.333 e. The number of amides is 2. The van der Waals surface area contributed by atoms with Crippen molar-refractivity contribution in [2.24, 2.45) is 0 Å². The highest BCUT2D eigenvalue weighted by molar-refractivity contribution is 7.90. The molecule has 0 saturated heterocycles. The summed E-state index contributed by atoms with van der Waals surface area (Å²) in [5.74, 6) is -0.845. The summed E-state index contributed by atoms with van der Waals surface area (Å²) in [6, 6.07) is 6.75. The first kappa shape index (κ1) is 17.5. The molecule has 0 heterocycles. The minimum absolute atomic E-state index is 0.0183. The van der Waals surface area contributed by atoms with Crippen LogP contribution < -0.4 is 10.0 Å². The van der Waals surface area contributed by atoms with Gasteiger partial charge in [-0.25, -0.2) is 22.3 Å². The number of carbonyl (C=O) groups is 1. The van der Waals surface area contributed by atoms with Crippen LogP contribution in [0.25, 0.3) is 0 Å². The lowest BCUT2D eigenvalue weighted by molar-refractivity contribution is 0.256. The average Bonchev–Trinajstić information content (AvgIpc) is 2.44. The minimum atomic E-state index is -4.07. The number of anilines is 1. The highest BCUT2D eigenvalue weighted by atomic mass is 35.5. The molecule has 0 fully saturated rings. The second kappa shape index (κ2) is 6.74. The van der Waals surface area contributed by atoms with E-state index in [4.69, 9.17) is 23.2 Å². The van der Waals surface area contributed by atoms with Crippen molar-refractivity contribution in [2.45, 2.75) is 11.8 Å². The van der Waals surface area contributed by atoms with Gasteiger partial charge in [-0.15, -0.1) is 0 Å². The Morgan fingerprint density at radius 2 is 1.65 bits per heavy atom. The molecule has 0 unspecified atom stereocenters. The molecular formula is C14H11Cl2FN2O3S. The van der Waals surface area contributed by atoms with E-state index in [1.165, 1.54) is 12.1 Å². The molecule has 2 aromatic rings. The lowest BCUT2D eigenvalue weighted by Crippen LogP contribution is -2.34. The van der Waals surface area contributed by atoms with E-state index in [-0.39, 0.29) is 20.6 Å². The molecule has 0 aliphatic rings. The van der Waals surface area contributed by atoms with Crippen molar-refractivity contribution < 1.29 is 17.6 Å². The Labute approximate surface area is 142 Å². The summed E-state index contributed by atoms with van der Waals surface area (Å²) >= 11 is 11.4. The van der Waals surface area contributed by atoms with Crippen molar-refractivity contribution >= 4 is 44.9 Å². The molecule has 2 rings (SSSR count). The highest BCUT2D eigenvalue weighted by Crippen LogP contribution is 2.28. The molecule has 9 heteroatoms. The van der Waals surface area contributed by atoms with Crippen LogP contribution >= 0.6 is 23.2 Å². The van der Waals surface area contributed by atoms with E-state index in [2.05, 4.69) is 5.32 Å². The van der Waals surface area contributed by atoms with Gasteiger partial charge in [0.2, 0.25) is 0 Å². The van der Waals surface area contributed by atoms with E-state index < -0.39 is 21.9 Å². The number of benzene rings is 2. The normalized spacial score (nSPS) is 11.1. The van der Waals surface area contributed by atoms with E-state index >= 15 is 0 Å². The number of rotatable bonds is 3. The molecule has 0 aromatic heterocycles. The molecule has 5 nitrogen and oxygen atoms in total. The van der Waals surface area contributed by atoms with Crippen molar-refractivity contribution in [1.82, 2.24) is 4.72 Å². The summed E-state index contributed by atoms with van der Waals surface area (Å²) in [5.41, 5.74) is 0.572. The van der Waals surface area contributed by atoms with Crippen molar-refractivity contribution in [2.75, 3.05) is 5.32 Å². The average molecular weight is 377 g/mol. The molecular weight excluding hydrogens is 366 g/mol. The number of sulfonamides is 1. The quantitative estimate of drug-likeness (QED) is 0.796. The predicted molar refractivity (Wildman–Crippen MR) is 86.9 cm³/mol. The maximum absolute atomic E-state index is 13.7. The fraction of sp³-hybridized carbons (Fsp3) is 0.0714. The summed E-state index contributed by atoms with van der Waals surface area (Å²) in [5, 5.41) is 2.06. The fourth-order valence-electron chi connectivity index (χ4n) is 1.66. The maximum atomic E-state index is 13.7. The molecule has 23 heavy (non-hydrogen) atoms. The first-order chi connectivity index (χ1) is 10.7. The third-order valence-electron chi connectivity index (χ3n) is 2.82. The number of halogens is 3. The van der Waals surface area contributed by atoms with E-state index in [1.807, 2.05) is 0 Å². The highest BCUT2D eigenvalue weighted by Gasteiger charge is 2.18. The van der Waals surface area contributed by atoms with Gasteiger partial charge in [-0.2, -0.15) is 0 Å². The van der Waals surface area contributed by atoms with Gasteiger partial charge in [0.05, 0.1) is 20.6 Å². The van der Waals surface area contributed by atoms with Crippen LogP contribution in [0.5, 0.6) is 0 Å². The Bertz CT molecular complexity index is 855. The lowest BCUT2D eigenvalue weighted by Gasteiger charge is -2.10. The molecule has 0 spiro atoms. The van der Waals surface area contributed by atoms with Gasteiger partial charge in [0.25, 0.3) is 10.0 Å². The van der Waals surface area contributed by atoms with Crippen LogP contribution in [0.4, 0.5) is 14.9 Å². The van der Waals surface area contributed by atoms with Crippen molar-refractivity contribution in [3.63, 3.8) is 0 Å². The van der Waals surface area contributed by atoms with Gasteiger partial charge in [-0.05, 0) is 31.2 Å². The summed E-state index contributed by atoms with van der Waals surface area (Å²) in [6.07, 6.45) is 0. The van der Waals surface area contributed by atoms with Crippen molar-refractivity contribution in [3.05, 3.63) is 57.8 Å². The van der Waals surface area contributed by atoms with E-state index in [1.54, 1.807) is 23.8 Å². The standard InChI is InChI=1S/C14H11Cl2FN2O3S/c1-8-2-4-9(5-3-8)23(21,22)19-14(20)18-13-7-11(16)10(15)6-12(13)17/h2-7H,1H3,(H2,18,19,20). The Hall–Kier alpha value is -1.83. The second-order valence-electron chi connectivity index (χ2n) is 4.62.